The lowest BCUT2D eigenvalue weighted by Gasteiger charge is -2.53. The number of nitriles is 1. The van der Waals surface area contributed by atoms with Gasteiger partial charge < -0.3 is 5.11 Å². The predicted octanol–water partition coefficient (Wildman–Crippen LogP) is 1.62. The first-order valence-electron chi connectivity index (χ1n) is 3.72. The van der Waals surface area contributed by atoms with E-state index in [-0.39, 0.29) is 11.8 Å². The Morgan fingerprint density at radius 3 is 2.83 bits per heavy atom. The van der Waals surface area contributed by atoms with Gasteiger partial charge in [-0.15, -0.1) is 0 Å². The molecule has 0 amide bonds. The third kappa shape index (κ3) is 0.659. The SMILES string of the molecule is N#C[C@@]1(O)[C@H]2CC=C[C@H]2C1(Cl)Cl. The number of hydrogen-bond donors (Lipinski definition) is 1. The van der Waals surface area contributed by atoms with Gasteiger partial charge in [0.2, 0.25) is 0 Å². The number of alkyl halides is 2. The van der Waals surface area contributed by atoms with E-state index in [9.17, 15) is 5.11 Å². The van der Waals surface area contributed by atoms with E-state index in [0.717, 1.165) is 0 Å². The van der Waals surface area contributed by atoms with Gasteiger partial charge in [-0.1, -0.05) is 35.4 Å². The Morgan fingerprint density at radius 1 is 1.58 bits per heavy atom. The number of fused-ring (bicyclic) bond motifs is 1. The molecule has 0 aromatic rings. The number of halogens is 2. The molecule has 1 N–H and O–H groups in total. The molecule has 0 aromatic heterocycles. The van der Waals surface area contributed by atoms with Gasteiger partial charge in [-0.2, -0.15) is 5.26 Å². The summed E-state index contributed by atoms with van der Waals surface area (Å²) in [5.74, 6) is -0.178. The van der Waals surface area contributed by atoms with E-state index < -0.39 is 9.93 Å². The molecule has 0 unspecified atom stereocenters. The maximum atomic E-state index is 9.75. The van der Waals surface area contributed by atoms with Gasteiger partial charge in [0.05, 0.1) is 0 Å². The summed E-state index contributed by atoms with van der Waals surface area (Å²) in [6.45, 7) is 0. The van der Waals surface area contributed by atoms with Crippen LogP contribution in [0.3, 0.4) is 0 Å². The van der Waals surface area contributed by atoms with Crippen LogP contribution in [0, 0.1) is 23.2 Å². The standard InChI is InChI=1S/C8H7Cl2NO/c9-8(10)6-3-1-2-5(6)7(8,12)4-11/h1,3,5-6,12H,2H2/t5-,6+,7+/m0/s1. The van der Waals surface area contributed by atoms with Crippen LogP contribution in [0.25, 0.3) is 0 Å². The molecule has 2 aliphatic rings. The fraction of sp³-hybridized carbons (Fsp3) is 0.625. The molecule has 1 fully saturated rings. The first kappa shape index (κ1) is 8.37. The van der Waals surface area contributed by atoms with Gasteiger partial charge >= 0.3 is 0 Å². The molecule has 12 heavy (non-hydrogen) atoms. The van der Waals surface area contributed by atoms with Crippen molar-refractivity contribution >= 4 is 23.2 Å². The fourth-order valence-corrected chi connectivity index (χ4v) is 2.83. The molecule has 64 valence electrons. The highest BCUT2D eigenvalue weighted by molar-refractivity contribution is 6.50. The second kappa shape index (κ2) is 2.17. The van der Waals surface area contributed by atoms with Crippen LogP contribution >= 0.6 is 23.2 Å². The molecule has 2 aliphatic carbocycles. The molecule has 0 bridgehead atoms. The van der Waals surface area contributed by atoms with Gasteiger partial charge in [0.15, 0.2) is 9.93 Å². The summed E-state index contributed by atoms with van der Waals surface area (Å²) in [4.78, 5) is 0. The number of allylic oxidation sites excluding steroid dienone is 2. The molecule has 4 heteroatoms. The highest BCUT2D eigenvalue weighted by atomic mass is 35.5. The van der Waals surface area contributed by atoms with Gasteiger partial charge in [-0.05, 0) is 6.42 Å². The minimum atomic E-state index is -1.57. The third-order valence-corrected chi connectivity index (χ3v) is 3.88. The maximum absolute atomic E-state index is 9.75. The Kier molecular flexibility index (Phi) is 1.51. The molecule has 2 rings (SSSR count). The summed E-state index contributed by atoms with van der Waals surface area (Å²) in [5.41, 5.74) is -1.57. The lowest BCUT2D eigenvalue weighted by molar-refractivity contribution is -0.0804. The average Bonchev–Trinajstić information content (AvgIpc) is 2.49. The summed E-state index contributed by atoms with van der Waals surface area (Å²) in [6.07, 6.45) is 4.47. The molecule has 0 aromatic carbocycles. The van der Waals surface area contributed by atoms with Crippen LogP contribution in [0.1, 0.15) is 6.42 Å². The molecule has 2 nitrogen and oxygen atoms in total. The predicted molar refractivity (Wildman–Crippen MR) is 45.7 cm³/mol. The molecule has 0 saturated heterocycles. The van der Waals surface area contributed by atoms with Crippen LogP contribution in [0.4, 0.5) is 0 Å². The van der Waals surface area contributed by atoms with Crippen LogP contribution in [-0.2, 0) is 0 Å². The average molecular weight is 204 g/mol. The largest absolute Gasteiger partial charge is 0.372 e. The van der Waals surface area contributed by atoms with Gasteiger partial charge in [-0.25, -0.2) is 0 Å². The van der Waals surface area contributed by atoms with Crippen molar-refractivity contribution < 1.29 is 5.11 Å². The number of hydrogen-bond acceptors (Lipinski definition) is 2. The van der Waals surface area contributed by atoms with Crippen LogP contribution in [0.5, 0.6) is 0 Å². The molecule has 0 radical (unpaired) electrons. The summed E-state index contributed by atoms with van der Waals surface area (Å²) >= 11 is 11.7. The van der Waals surface area contributed by atoms with Gasteiger partial charge in [0.1, 0.15) is 6.07 Å². The molecule has 3 atom stereocenters. The summed E-state index contributed by atoms with van der Waals surface area (Å²) in [6, 6.07) is 1.79. The summed E-state index contributed by atoms with van der Waals surface area (Å²) in [5, 5.41) is 18.5. The highest BCUT2D eigenvalue weighted by Crippen LogP contribution is 2.62. The Bertz CT molecular complexity index is 294. The van der Waals surface area contributed by atoms with Crippen LogP contribution < -0.4 is 0 Å². The molecular formula is C8H7Cl2NO. The molecular weight excluding hydrogens is 197 g/mol. The lowest BCUT2D eigenvalue weighted by atomic mass is 9.62. The van der Waals surface area contributed by atoms with Crippen molar-refractivity contribution in [2.24, 2.45) is 11.8 Å². The van der Waals surface area contributed by atoms with Gasteiger partial charge in [0, 0.05) is 11.8 Å². The van der Waals surface area contributed by atoms with Crippen molar-refractivity contribution in [2.75, 3.05) is 0 Å². The molecule has 0 spiro atoms. The molecule has 1 saturated carbocycles. The zero-order chi connectivity index (χ0) is 8.98. The highest BCUT2D eigenvalue weighted by Gasteiger charge is 2.71. The van der Waals surface area contributed by atoms with E-state index >= 15 is 0 Å². The first-order chi connectivity index (χ1) is 5.54. The Balaban J connectivity index is 2.37. The maximum Gasteiger partial charge on any atom is 0.188 e. The second-order valence-corrected chi connectivity index (χ2v) is 4.68. The normalized spacial score (nSPS) is 47.8. The molecule has 0 heterocycles. The van der Waals surface area contributed by atoms with Crippen LogP contribution in [0.15, 0.2) is 12.2 Å². The van der Waals surface area contributed by atoms with E-state index in [1.807, 2.05) is 12.2 Å². The van der Waals surface area contributed by atoms with E-state index in [1.54, 1.807) is 6.07 Å². The first-order valence-corrected chi connectivity index (χ1v) is 4.47. The van der Waals surface area contributed by atoms with E-state index in [4.69, 9.17) is 28.5 Å². The van der Waals surface area contributed by atoms with Crippen molar-refractivity contribution in [3.63, 3.8) is 0 Å². The smallest absolute Gasteiger partial charge is 0.188 e. The molecule has 0 aliphatic heterocycles. The van der Waals surface area contributed by atoms with E-state index in [0.29, 0.717) is 6.42 Å². The van der Waals surface area contributed by atoms with E-state index in [1.165, 1.54) is 0 Å². The van der Waals surface area contributed by atoms with E-state index in [2.05, 4.69) is 0 Å². The third-order valence-electron chi connectivity index (χ3n) is 2.80. The monoisotopic (exact) mass is 203 g/mol. The quantitative estimate of drug-likeness (QED) is 0.370. The summed E-state index contributed by atoms with van der Waals surface area (Å²) in [7, 11) is 0. The van der Waals surface area contributed by atoms with Crippen molar-refractivity contribution in [3.05, 3.63) is 12.2 Å². The van der Waals surface area contributed by atoms with Crippen LogP contribution in [-0.4, -0.2) is 15.0 Å². The van der Waals surface area contributed by atoms with Crippen LogP contribution in [0.2, 0.25) is 0 Å². The van der Waals surface area contributed by atoms with Crippen molar-refractivity contribution in [1.82, 2.24) is 0 Å². The summed E-state index contributed by atoms with van der Waals surface area (Å²) < 4.78 is -1.32. The lowest BCUT2D eigenvalue weighted by Crippen LogP contribution is -2.67. The number of aliphatic hydroxyl groups is 1. The zero-order valence-electron chi connectivity index (χ0n) is 6.17. The Labute approximate surface area is 80.4 Å². The second-order valence-electron chi connectivity index (χ2n) is 3.30. The number of rotatable bonds is 0. The minimum absolute atomic E-state index is 0.0644. The zero-order valence-corrected chi connectivity index (χ0v) is 7.68. The van der Waals surface area contributed by atoms with Crippen molar-refractivity contribution in [3.8, 4) is 6.07 Å². The Hall–Kier alpha value is -0.230. The van der Waals surface area contributed by atoms with Gasteiger partial charge in [0.25, 0.3) is 0 Å². The number of nitrogens with zero attached hydrogens (tertiary/aromatic N) is 1. The minimum Gasteiger partial charge on any atom is -0.372 e. The van der Waals surface area contributed by atoms with Crippen molar-refractivity contribution in [1.29, 1.82) is 5.26 Å². The van der Waals surface area contributed by atoms with Gasteiger partial charge in [-0.3, -0.25) is 0 Å². The fourth-order valence-electron chi connectivity index (χ4n) is 2.02. The topological polar surface area (TPSA) is 44.0 Å². The Morgan fingerprint density at radius 2 is 2.25 bits per heavy atom. The van der Waals surface area contributed by atoms with Crippen molar-refractivity contribution in [2.45, 2.75) is 16.4 Å².